The largest absolute Gasteiger partial charge is 0.480 e. The van der Waals surface area contributed by atoms with Gasteiger partial charge in [-0.2, -0.15) is 5.10 Å². The Bertz CT molecular complexity index is 353. The van der Waals surface area contributed by atoms with E-state index in [1.54, 1.807) is 0 Å². The lowest BCUT2D eigenvalue weighted by atomic mass is 9.96. The van der Waals surface area contributed by atoms with Gasteiger partial charge in [-0.1, -0.05) is 20.8 Å². The summed E-state index contributed by atoms with van der Waals surface area (Å²) in [6.07, 6.45) is 1.50. The van der Waals surface area contributed by atoms with Crippen molar-refractivity contribution in [2.45, 2.75) is 38.8 Å². The Morgan fingerprint density at radius 2 is 2.27 bits per heavy atom. The van der Waals surface area contributed by atoms with E-state index in [1.165, 1.54) is 11.0 Å². The van der Waals surface area contributed by atoms with E-state index in [4.69, 9.17) is 10.8 Å². The molecule has 0 saturated heterocycles. The Hall–Kier alpha value is -1.43. The first kappa shape index (κ1) is 11.6. The number of aliphatic carboxylic acids is 1. The van der Waals surface area contributed by atoms with Gasteiger partial charge in [-0.05, 0) is 0 Å². The predicted molar refractivity (Wildman–Crippen MR) is 54.3 cm³/mol. The second-order valence-electron chi connectivity index (χ2n) is 4.48. The molecule has 0 radical (unpaired) electrons. The summed E-state index contributed by atoms with van der Waals surface area (Å²) in [7, 11) is 0. The van der Waals surface area contributed by atoms with Crippen LogP contribution in [0.2, 0.25) is 0 Å². The molecule has 1 rings (SSSR count). The minimum absolute atomic E-state index is 0.137. The summed E-state index contributed by atoms with van der Waals surface area (Å²) < 4.78 is 1.46. The average molecular weight is 212 g/mol. The van der Waals surface area contributed by atoms with Gasteiger partial charge >= 0.3 is 5.97 Å². The second-order valence-corrected chi connectivity index (χ2v) is 4.48. The zero-order chi connectivity index (χ0) is 11.6. The van der Waals surface area contributed by atoms with E-state index in [2.05, 4.69) is 10.1 Å². The van der Waals surface area contributed by atoms with Crippen LogP contribution >= 0.6 is 0 Å². The molecule has 3 N–H and O–H groups in total. The van der Waals surface area contributed by atoms with Gasteiger partial charge in [0.1, 0.15) is 12.4 Å². The van der Waals surface area contributed by atoms with Gasteiger partial charge in [-0.3, -0.25) is 9.48 Å². The van der Waals surface area contributed by atoms with Crippen LogP contribution in [0.25, 0.3) is 0 Å². The van der Waals surface area contributed by atoms with Crippen molar-refractivity contribution < 1.29 is 9.90 Å². The molecule has 0 aliphatic rings. The van der Waals surface area contributed by atoms with Crippen molar-refractivity contribution in [1.29, 1.82) is 0 Å². The molecule has 1 aromatic rings. The smallest absolute Gasteiger partial charge is 0.322 e. The molecule has 1 unspecified atom stereocenters. The summed E-state index contributed by atoms with van der Waals surface area (Å²) in [6, 6.07) is -0.945. The van der Waals surface area contributed by atoms with Crippen molar-refractivity contribution in [1.82, 2.24) is 14.8 Å². The molecule has 0 fully saturated rings. The van der Waals surface area contributed by atoms with Crippen molar-refractivity contribution >= 4 is 5.97 Å². The molecule has 1 heterocycles. The maximum Gasteiger partial charge on any atom is 0.322 e. The van der Waals surface area contributed by atoms with Crippen molar-refractivity contribution in [2.24, 2.45) is 5.73 Å². The van der Waals surface area contributed by atoms with E-state index in [1.807, 2.05) is 20.8 Å². The van der Waals surface area contributed by atoms with E-state index in [9.17, 15) is 4.79 Å². The molecule has 0 amide bonds. The second kappa shape index (κ2) is 3.98. The fourth-order valence-corrected chi connectivity index (χ4v) is 1.01. The van der Waals surface area contributed by atoms with Crippen molar-refractivity contribution in [2.75, 3.05) is 0 Å². The fourth-order valence-electron chi connectivity index (χ4n) is 1.01. The highest BCUT2D eigenvalue weighted by Crippen LogP contribution is 2.16. The first-order valence-electron chi connectivity index (χ1n) is 4.69. The van der Waals surface area contributed by atoms with Gasteiger partial charge < -0.3 is 10.8 Å². The minimum Gasteiger partial charge on any atom is -0.480 e. The molecule has 1 aromatic heterocycles. The number of rotatable bonds is 3. The number of aromatic nitrogens is 3. The lowest BCUT2D eigenvalue weighted by Gasteiger charge is -2.12. The van der Waals surface area contributed by atoms with Crippen molar-refractivity contribution in [3.05, 3.63) is 12.2 Å². The number of hydrogen-bond donors (Lipinski definition) is 2. The average Bonchev–Trinajstić information content (AvgIpc) is 2.51. The maximum atomic E-state index is 10.5. The zero-order valence-corrected chi connectivity index (χ0v) is 9.14. The minimum atomic E-state index is -1.04. The standard InChI is InChI=1S/C9H16N4O2/c1-9(2,3)8-11-5-13(12-8)4-6(10)7(14)15/h5-6H,4,10H2,1-3H3,(H,14,15). The number of carbonyl (C=O) groups is 1. The van der Waals surface area contributed by atoms with Crippen LogP contribution in [0.5, 0.6) is 0 Å². The van der Waals surface area contributed by atoms with E-state index in [0.717, 1.165) is 0 Å². The first-order valence-corrected chi connectivity index (χ1v) is 4.69. The van der Waals surface area contributed by atoms with Crippen LogP contribution in [0.15, 0.2) is 6.33 Å². The molecule has 0 aliphatic heterocycles. The van der Waals surface area contributed by atoms with Crippen LogP contribution in [0, 0.1) is 0 Å². The third kappa shape index (κ3) is 3.02. The van der Waals surface area contributed by atoms with Gasteiger partial charge in [-0.15, -0.1) is 0 Å². The molecule has 0 spiro atoms. The molecular formula is C9H16N4O2. The van der Waals surface area contributed by atoms with E-state index >= 15 is 0 Å². The number of hydrogen-bond acceptors (Lipinski definition) is 4. The highest BCUT2D eigenvalue weighted by atomic mass is 16.4. The summed E-state index contributed by atoms with van der Waals surface area (Å²) >= 11 is 0. The SMILES string of the molecule is CC(C)(C)c1ncn(CC(N)C(=O)O)n1. The molecule has 0 aliphatic carbocycles. The molecular weight excluding hydrogens is 196 g/mol. The van der Waals surface area contributed by atoms with Gasteiger partial charge in [0, 0.05) is 5.41 Å². The van der Waals surface area contributed by atoms with Gasteiger partial charge in [0.05, 0.1) is 6.54 Å². The Labute approximate surface area is 88.1 Å². The quantitative estimate of drug-likeness (QED) is 0.734. The van der Waals surface area contributed by atoms with Crippen LogP contribution < -0.4 is 5.73 Å². The monoisotopic (exact) mass is 212 g/mol. The number of carboxylic acid groups (broad SMARTS) is 1. The fraction of sp³-hybridized carbons (Fsp3) is 0.667. The normalized spacial score (nSPS) is 13.9. The Balaban J connectivity index is 2.73. The van der Waals surface area contributed by atoms with Crippen molar-refractivity contribution in [3.63, 3.8) is 0 Å². The van der Waals surface area contributed by atoms with Crippen molar-refractivity contribution in [3.8, 4) is 0 Å². The zero-order valence-electron chi connectivity index (χ0n) is 9.14. The van der Waals surface area contributed by atoms with Gasteiger partial charge in [0.25, 0.3) is 0 Å². The summed E-state index contributed by atoms with van der Waals surface area (Å²) in [5, 5.41) is 12.8. The van der Waals surface area contributed by atoms with Gasteiger partial charge in [-0.25, -0.2) is 4.98 Å². The van der Waals surface area contributed by atoms with Crippen LogP contribution in [-0.4, -0.2) is 31.9 Å². The van der Waals surface area contributed by atoms with Gasteiger partial charge in [0.2, 0.25) is 0 Å². The highest BCUT2D eigenvalue weighted by Gasteiger charge is 2.20. The Morgan fingerprint density at radius 1 is 1.67 bits per heavy atom. The van der Waals surface area contributed by atoms with E-state index in [0.29, 0.717) is 5.82 Å². The molecule has 6 nitrogen and oxygen atoms in total. The van der Waals surface area contributed by atoms with Crippen LogP contribution in [0.3, 0.4) is 0 Å². The van der Waals surface area contributed by atoms with E-state index < -0.39 is 12.0 Å². The van der Waals surface area contributed by atoms with Gasteiger partial charge in [0.15, 0.2) is 5.82 Å². The summed E-state index contributed by atoms with van der Waals surface area (Å²) in [6.45, 7) is 6.11. The topological polar surface area (TPSA) is 94.0 Å². The molecule has 1 atom stereocenters. The molecule has 6 heteroatoms. The third-order valence-corrected chi connectivity index (χ3v) is 1.91. The lowest BCUT2D eigenvalue weighted by molar-refractivity contribution is -0.138. The Morgan fingerprint density at radius 3 is 2.67 bits per heavy atom. The summed E-state index contributed by atoms with van der Waals surface area (Å²) in [5.74, 6) is -0.358. The first-order chi connectivity index (χ1) is 6.80. The van der Waals surface area contributed by atoms with Crippen LogP contribution in [0.4, 0.5) is 0 Å². The maximum absolute atomic E-state index is 10.5. The molecule has 0 saturated carbocycles. The number of carboxylic acids is 1. The molecule has 0 bridgehead atoms. The summed E-state index contributed by atoms with van der Waals surface area (Å²) in [4.78, 5) is 14.6. The molecule has 84 valence electrons. The Kier molecular flexibility index (Phi) is 3.09. The van der Waals surface area contributed by atoms with Crippen LogP contribution in [0.1, 0.15) is 26.6 Å². The molecule has 15 heavy (non-hydrogen) atoms. The third-order valence-electron chi connectivity index (χ3n) is 1.91. The highest BCUT2D eigenvalue weighted by molar-refractivity contribution is 5.72. The van der Waals surface area contributed by atoms with E-state index in [-0.39, 0.29) is 12.0 Å². The lowest BCUT2D eigenvalue weighted by Crippen LogP contribution is -2.34. The van der Waals surface area contributed by atoms with Crippen LogP contribution in [-0.2, 0) is 16.8 Å². The summed E-state index contributed by atoms with van der Waals surface area (Å²) in [5.41, 5.74) is 5.24. The number of nitrogens with two attached hydrogens (primary N) is 1. The number of nitrogens with zero attached hydrogens (tertiary/aromatic N) is 3. The predicted octanol–water partition coefficient (Wildman–Crippen LogP) is -0.0125. The molecule has 0 aromatic carbocycles.